The van der Waals surface area contributed by atoms with Gasteiger partial charge in [0.2, 0.25) is 5.91 Å². The molecule has 2 aromatic carbocycles. The summed E-state index contributed by atoms with van der Waals surface area (Å²) >= 11 is 1.66. The molecule has 28 heavy (non-hydrogen) atoms. The summed E-state index contributed by atoms with van der Waals surface area (Å²) in [6.07, 6.45) is 1.51. The van der Waals surface area contributed by atoms with E-state index < -0.39 is 0 Å². The molecule has 1 aliphatic rings. The largest absolute Gasteiger partial charge is 0.457 e. The first-order chi connectivity index (χ1) is 13.8. The van der Waals surface area contributed by atoms with Crippen LogP contribution in [-0.4, -0.2) is 24.2 Å². The van der Waals surface area contributed by atoms with Crippen LogP contribution in [-0.2, 0) is 4.79 Å². The fourth-order valence-corrected chi connectivity index (χ4v) is 4.55. The number of benzene rings is 2. The fraction of sp³-hybridized carbons (Fsp3) is 0.261. The van der Waals surface area contributed by atoms with Crippen LogP contribution in [0.25, 0.3) is 0 Å². The molecule has 144 valence electrons. The van der Waals surface area contributed by atoms with Crippen LogP contribution >= 0.6 is 11.3 Å². The highest BCUT2D eigenvalue weighted by molar-refractivity contribution is 7.07. The summed E-state index contributed by atoms with van der Waals surface area (Å²) in [6, 6.07) is 17.5. The number of aliphatic hydroxyl groups excluding tert-OH is 1. The molecule has 4 nitrogen and oxygen atoms in total. The molecule has 2 heterocycles. The number of nitrogens with one attached hydrogen (secondary N) is 1. The van der Waals surface area contributed by atoms with E-state index in [1.165, 1.54) is 5.56 Å². The molecule has 1 aromatic heterocycles. The average Bonchev–Trinajstić information content (AvgIpc) is 3.26. The van der Waals surface area contributed by atoms with Gasteiger partial charge in [-0.3, -0.25) is 4.79 Å². The monoisotopic (exact) mass is 393 g/mol. The average molecular weight is 394 g/mol. The predicted octanol–water partition coefficient (Wildman–Crippen LogP) is 4.66. The Balaban J connectivity index is 1.49. The van der Waals surface area contributed by atoms with E-state index in [1.54, 1.807) is 11.3 Å². The Hall–Kier alpha value is -2.63. The van der Waals surface area contributed by atoms with Crippen LogP contribution in [0.15, 0.2) is 65.4 Å². The van der Waals surface area contributed by atoms with Gasteiger partial charge in [0.1, 0.15) is 11.5 Å². The van der Waals surface area contributed by atoms with Crippen molar-refractivity contribution < 1.29 is 14.6 Å². The van der Waals surface area contributed by atoms with Crippen LogP contribution in [0.4, 0.5) is 0 Å². The topological polar surface area (TPSA) is 58.6 Å². The number of rotatable bonds is 7. The second kappa shape index (κ2) is 8.59. The number of ether oxygens (including phenoxy) is 1. The van der Waals surface area contributed by atoms with Crippen molar-refractivity contribution in [2.75, 3.05) is 13.2 Å². The second-order valence-corrected chi connectivity index (χ2v) is 7.74. The van der Waals surface area contributed by atoms with E-state index in [0.29, 0.717) is 13.0 Å². The molecule has 0 radical (unpaired) electrons. The van der Waals surface area contributed by atoms with Gasteiger partial charge < -0.3 is 15.2 Å². The molecule has 0 spiro atoms. The Morgan fingerprint density at radius 2 is 1.71 bits per heavy atom. The van der Waals surface area contributed by atoms with Gasteiger partial charge in [-0.25, -0.2) is 0 Å². The van der Waals surface area contributed by atoms with Gasteiger partial charge in [0.15, 0.2) is 0 Å². The maximum atomic E-state index is 13.1. The maximum Gasteiger partial charge on any atom is 0.232 e. The minimum Gasteiger partial charge on any atom is -0.457 e. The first kappa shape index (κ1) is 18.7. The lowest BCUT2D eigenvalue weighted by Gasteiger charge is -2.27. The minimum absolute atomic E-state index is 0.0173. The van der Waals surface area contributed by atoms with Crippen LogP contribution in [0, 0.1) is 0 Å². The summed E-state index contributed by atoms with van der Waals surface area (Å²) in [5, 5.41) is 16.6. The predicted molar refractivity (Wildman–Crippen MR) is 111 cm³/mol. The normalized spacial score (nSPS) is 13.9. The Morgan fingerprint density at radius 3 is 2.32 bits per heavy atom. The van der Waals surface area contributed by atoms with Gasteiger partial charge in [-0.05, 0) is 53.3 Å². The van der Waals surface area contributed by atoms with E-state index in [0.717, 1.165) is 29.0 Å². The summed E-state index contributed by atoms with van der Waals surface area (Å²) in [4.78, 5) is 13.1. The Kier molecular flexibility index (Phi) is 5.74. The highest BCUT2D eigenvalue weighted by atomic mass is 32.1. The minimum atomic E-state index is -0.376. The van der Waals surface area contributed by atoms with Crippen LogP contribution in [0.1, 0.15) is 41.4 Å². The Bertz CT molecular complexity index is 893. The zero-order valence-corrected chi connectivity index (χ0v) is 16.3. The van der Waals surface area contributed by atoms with Crippen LogP contribution < -0.4 is 10.1 Å². The molecule has 2 N–H and O–H groups in total. The lowest BCUT2D eigenvalue weighted by atomic mass is 9.87. The molecular weight excluding hydrogens is 370 g/mol. The molecule has 1 amide bonds. The molecule has 0 aliphatic carbocycles. The van der Waals surface area contributed by atoms with E-state index in [9.17, 15) is 9.90 Å². The van der Waals surface area contributed by atoms with Gasteiger partial charge in [0.25, 0.3) is 0 Å². The van der Waals surface area contributed by atoms with Crippen molar-refractivity contribution in [3.05, 3.63) is 82.0 Å². The van der Waals surface area contributed by atoms with Crippen molar-refractivity contribution in [3.8, 4) is 11.5 Å². The number of hydrogen-bond donors (Lipinski definition) is 2. The highest BCUT2D eigenvalue weighted by Crippen LogP contribution is 2.43. The van der Waals surface area contributed by atoms with Crippen molar-refractivity contribution in [1.29, 1.82) is 0 Å². The van der Waals surface area contributed by atoms with E-state index >= 15 is 0 Å². The van der Waals surface area contributed by atoms with E-state index in [1.807, 2.05) is 53.9 Å². The van der Waals surface area contributed by atoms with Crippen LogP contribution in [0.2, 0.25) is 0 Å². The molecule has 1 atom stereocenters. The Labute approximate surface area is 168 Å². The van der Waals surface area contributed by atoms with Gasteiger partial charge in [0.05, 0.1) is 5.92 Å². The molecule has 4 rings (SSSR count). The zero-order chi connectivity index (χ0) is 19.3. The van der Waals surface area contributed by atoms with Crippen molar-refractivity contribution in [3.63, 3.8) is 0 Å². The third-order valence-electron chi connectivity index (χ3n) is 5.23. The van der Waals surface area contributed by atoms with Gasteiger partial charge in [-0.1, -0.05) is 36.4 Å². The first-order valence-electron chi connectivity index (χ1n) is 9.54. The van der Waals surface area contributed by atoms with Gasteiger partial charge in [-0.2, -0.15) is 11.3 Å². The van der Waals surface area contributed by atoms with Crippen molar-refractivity contribution in [2.45, 2.75) is 24.7 Å². The van der Waals surface area contributed by atoms with E-state index in [-0.39, 0.29) is 24.3 Å². The van der Waals surface area contributed by atoms with Gasteiger partial charge >= 0.3 is 0 Å². The maximum absolute atomic E-state index is 13.1. The third kappa shape index (κ3) is 3.81. The zero-order valence-electron chi connectivity index (χ0n) is 15.5. The number of fused-ring (bicyclic) bond motifs is 2. The molecule has 0 unspecified atom stereocenters. The van der Waals surface area contributed by atoms with Crippen molar-refractivity contribution in [2.24, 2.45) is 0 Å². The van der Waals surface area contributed by atoms with E-state index in [4.69, 9.17) is 4.74 Å². The number of aliphatic hydroxyl groups is 1. The number of amides is 1. The van der Waals surface area contributed by atoms with Crippen molar-refractivity contribution in [1.82, 2.24) is 5.32 Å². The number of carbonyl (C=O) groups is 1. The molecule has 0 bridgehead atoms. The summed E-state index contributed by atoms with van der Waals surface area (Å²) < 4.78 is 5.97. The van der Waals surface area contributed by atoms with E-state index in [2.05, 4.69) is 16.8 Å². The molecule has 0 fully saturated rings. The third-order valence-corrected chi connectivity index (χ3v) is 5.93. The summed E-state index contributed by atoms with van der Waals surface area (Å²) in [5.74, 6) is 1.33. The van der Waals surface area contributed by atoms with Crippen molar-refractivity contribution >= 4 is 17.2 Å². The summed E-state index contributed by atoms with van der Waals surface area (Å²) in [6.45, 7) is 0.718. The quantitative estimate of drug-likeness (QED) is 0.614. The fourth-order valence-electron chi connectivity index (χ4n) is 3.80. The van der Waals surface area contributed by atoms with Gasteiger partial charge in [-0.15, -0.1) is 0 Å². The molecule has 0 saturated heterocycles. The van der Waals surface area contributed by atoms with Gasteiger partial charge in [0, 0.05) is 24.3 Å². The van der Waals surface area contributed by atoms with Crippen LogP contribution in [0.5, 0.6) is 11.5 Å². The molecular formula is C23H23NO3S. The summed E-state index contributed by atoms with van der Waals surface area (Å²) in [7, 11) is 0. The molecule has 5 heteroatoms. The summed E-state index contributed by atoms with van der Waals surface area (Å²) in [5.41, 5.74) is 3.02. The first-order valence-corrected chi connectivity index (χ1v) is 10.5. The number of para-hydroxylation sites is 2. The molecule has 0 saturated carbocycles. The smallest absolute Gasteiger partial charge is 0.232 e. The molecule has 1 aliphatic heterocycles. The Morgan fingerprint density at radius 1 is 1.04 bits per heavy atom. The number of carbonyl (C=O) groups excluding carboxylic acids is 1. The standard InChI is InChI=1S/C23H23NO3S/c25-13-10-16(17-11-14-28-15-17)9-12-24-23(26)22-18-5-1-3-7-20(18)27-21-8-4-2-6-19(21)22/h1-8,11,14-16,22,25H,9-10,12-13H2,(H,24,26)/t16-/m1/s1. The number of hydrogen-bond acceptors (Lipinski definition) is 4. The lowest BCUT2D eigenvalue weighted by molar-refractivity contribution is -0.121. The number of thiophene rings is 1. The van der Waals surface area contributed by atoms with Crippen LogP contribution in [0.3, 0.4) is 0 Å². The SMILES string of the molecule is O=C(NCC[C@H](CCO)c1ccsc1)C1c2ccccc2Oc2ccccc21. The molecule has 3 aromatic rings. The highest BCUT2D eigenvalue weighted by Gasteiger charge is 2.32. The lowest BCUT2D eigenvalue weighted by Crippen LogP contribution is -2.32. The second-order valence-electron chi connectivity index (χ2n) is 6.96.